The molecule has 0 bridgehead atoms. The molecule has 0 aliphatic heterocycles. The normalized spacial score (nSPS) is 12.3. The lowest BCUT2D eigenvalue weighted by Crippen LogP contribution is -2.26. The third kappa shape index (κ3) is 3.59. The molecule has 5 heteroatoms. The van der Waals surface area contributed by atoms with Gasteiger partial charge in [-0.1, -0.05) is 54.6 Å². The number of para-hydroxylation sites is 1. The molecule has 2 aromatic carbocycles. The number of hydrogen-bond acceptors (Lipinski definition) is 4. The molecular weight excluding hydrogens is 348 g/mol. The molecular formula is C23H18N4O. The zero-order chi connectivity index (χ0) is 19.3. The van der Waals surface area contributed by atoms with Crippen LogP contribution >= 0.6 is 0 Å². The van der Waals surface area contributed by atoms with Gasteiger partial charge in [0.2, 0.25) is 0 Å². The van der Waals surface area contributed by atoms with Gasteiger partial charge < -0.3 is 5.73 Å². The highest BCUT2D eigenvalue weighted by atomic mass is 16.1. The minimum atomic E-state index is -0.245. The highest BCUT2D eigenvalue weighted by molar-refractivity contribution is 6.02. The van der Waals surface area contributed by atoms with Crippen LogP contribution in [-0.2, 0) is 0 Å². The van der Waals surface area contributed by atoms with Gasteiger partial charge in [-0.05, 0) is 29.8 Å². The van der Waals surface area contributed by atoms with Crippen LogP contribution in [0.1, 0.15) is 5.56 Å². The summed E-state index contributed by atoms with van der Waals surface area (Å²) in [5.74, 6) is 0.421. The van der Waals surface area contributed by atoms with Crippen molar-refractivity contribution in [3.63, 3.8) is 0 Å². The van der Waals surface area contributed by atoms with Gasteiger partial charge in [-0.3, -0.25) is 14.3 Å². The van der Waals surface area contributed by atoms with Crippen LogP contribution < -0.4 is 11.3 Å². The number of fused-ring (bicyclic) bond motifs is 1. The van der Waals surface area contributed by atoms with Crippen molar-refractivity contribution in [3.05, 3.63) is 113 Å². The molecule has 0 aliphatic rings. The van der Waals surface area contributed by atoms with Gasteiger partial charge >= 0.3 is 0 Å². The van der Waals surface area contributed by atoms with E-state index in [9.17, 15) is 4.79 Å². The second-order valence-electron chi connectivity index (χ2n) is 6.20. The molecule has 0 amide bonds. The lowest BCUT2D eigenvalue weighted by molar-refractivity contribution is 1.07. The summed E-state index contributed by atoms with van der Waals surface area (Å²) in [6, 6.07) is 24.5. The van der Waals surface area contributed by atoms with Crippen LogP contribution in [-0.4, -0.2) is 15.4 Å². The third-order valence-corrected chi connectivity index (χ3v) is 4.30. The first-order chi connectivity index (χ1) is 13.7. The Kier molecular flexibility index (Phi) is 4.80. The van der Waals surface area contributed by atoms with Crippen molar-refractivity contribution < 1.29 is 0 Å². The smallest absolute Gasteiger partial charge is 0.282 e. The van der Waals surface area contributed by atoms with E-state index >= 15 is 0 Å². The fraction of sp³-hybridized carbons (Fsp3) is 0. The number of aliphatic imine (C=N–C) groups is 1. The quantitative estimate of drug-likeness (QED) is 0.440. The summed E-state index contributed by atoms with van der Waals surface area (Å²) in [4.78, 5) is 21.9. The minimum absolute atomic E-state index is 0.245. The van der Waals surface area contributed by atoms with E-state index in [1.807, 2.05) is 72.8 Å². The van der Waals surface area contributed by atoms with Crippen molar-refractivity contribution >= 4 is 28.1 Å². The Morgan fingerprint density at radius 3 is 2.39 bits per heavy atom. The molecule has 136 valence electrons. The van der Waals surface area contributed by atoms with Gasteiger partial charge in [0.1, 0.15) is 11.4 Å². The van der Waals surface area contributed by atoms with Crippen molar-refractivity contribution in [2.75, 3.05) is 0 Å². The number of aromatic nitrogens is 2. The van der Waals surface area contributed by atoms with E-state index in [2.05, 4.69) is 9.98 Å². The molecule has 28 heavy (non-hydrogen) atoms. The predicted octanol–water partition coefficient (Wildman–Crippen LogP) is 3.97. The summed E-state index contributed by atoms with van der Waals surface area (Å²) >= 11 is 0. The standard InChI is InChI=1S/C23H18N4O/c24-20(17-8-3-1-4-9-17)16-21(26-19-11-5-2-6-12-19)27-15-13-18-10-7-14-25-22(18)23(27)28/h1-16H,24H2. The van der Waals surface area contributed by atoms with Gasteiger partial charge in [0.25, 0.3) is 5.56 Å². The number of nitrogens with zero attached hydrogens (tertiary/aromatic N) is 3. The molecule has 0 aliphatic carbocycles. The fourth-order valence-corrected chi connectivity index (χ4v) is 2.89. The number of nitrogens with two attached hydrogens (primary N) is 1. The first kappa shape index (κ1) is 17.4. The first-order valence-electron chi connectivity index (χ1n) is 8.85. The molecule has 4 rings (SSSR count). The molecule has 0 fully saturated rings. The molecule has 0 unspecified atom stereocenters. The highest BCUT2D eigenvalue weighted by Gasteiger charge is 2.09. The summed E-state index contributed by atoms with van der Waals surface area (Å²) in [7, 11) is 0. The molecule has 4 aromatic rings. The molecule has 2 heterocycles. The van der Waals surface area contributed by atoms with Crippen LogP contribution in [0.2, 0.25) is 0 Å². The highest BCUT2D eigenvalue weighted by Crippen LogP contribution is 2.14. The van der Waals surface area contributed by atoms with Crippen LogP contribution in [0.3, 0.4) is 0 Å². The lowest BCUT2D eigenvalue weighted by Gasteiger charge is -2.09. The second-order valence-corrected chi connectivity index (χ2v) is 6.20. The Hall–Kier alpha value is -3.99. The Morgan fingerprint density at radius 1 is 0.929 bits per heavy atom. The maximum Gasteiger partial charge on any atom is 0.282 e. The zero-order valence-electron chi connectivity index (χ0n) is 15.1. The monoisotopic (exact) mass is 366 g/mol. The van der Waals surface area contributed by atoms with Crippen molar-refractivity contribution in [1.29, 1.82) is 0 Å². The molecule has 0 radical (unpaired) electrons. The average Bonchev–Trinajstić information content (AvgIpc) is 2.75. The van der Waals surface area contributed by atoms with Gasteiger partial charge in [0.15, 0.2) is 0 Å². The third-order valence-electron chi connectivity index (χ3n) is 4.30. The van der Waals surface area contributed by atoms with Crippen LogP contribution in [0, 0.1) is 0 Å². The topological polar surface area (TPSA) is 73.3 Å². The molecule has 0 atom stereocenters. The summed E-state index contributed by atoms with van der Waals surface area (Å²) in [5, 5.41) is 0.780. The fourth-order valence-electron chi connectivity index (χ4n) is 2.89. The lowest BCUT2D eigenvalue weighted by atomic mass is 10.1. The van der Waals surface area contributed by atoms with E-state index in [1.54, 1.807) is 24.5 Å². The molecule has 0 saturated heterocycles. The summed E-state index contributed by atoms with van der Waals surface area (Å²) in [6.45, 7) is 0. The van der Waals surface area contributed by atoms with E-state index in [-0.39, 0.29) is 5.56 Å². The van der Waals surface area contributed by atoms with Gasteiger partial charge in [-0.15, -0.1) is 0 Å². The van der Waals surface area contributed by atoms with Crippen LogP contribution in [0.25, 0.3) is 16.6 Å². The Labute approximate surface area is 162 Å². The second kappa shape index (κ2) is 7.72. The van der Waals surface area contributed by atoms with E-state index < -0.39 is 0 Å². The van der Waals surface area contributed by atoms with E-state index in [4.69, 9.17) is 5.73 Å². The Morgan fingerprint density at radius 2 is 1.64 bits per heavy atom. The van der Waals surface area contributed by atoms with Crippen molar-refractivity contribution in [2.45, 2.75) is 0 Å². The number of pyridine rings is 2. The summed E-state index contributed by atoms with van der Waals surface area (Å²) in [5.41, 5.74) is 8.54. The SMILES string of the molecule is NC(=CC(=Nc1ccccc1)n1ccc2cccnc2c1=O)c1ccccc1. The number of benzene rings is 2. The Bertz CT molecular complexity index is 1230. The van der Waals surface area contributed by atoms with Crippen molar-refractivity contribution in [3.8, 4) is 0 Å². The predicted molar refractivity (Wildman–Crippen MR) is 114 cm³/mol. The Balaban J connectivity index is 1.90. The zero-order valence-corrected chi connectivity index (χ0v) is 15.1. The van der Waals surface area contributed by atoms with E-state index in [1.165, 1.54) is 4.57 Å². The number of allylic oxidation sites excluding steroid dienone is 1. The molecule has 0 spiro atoms. The molecule has 2 N–H and O–H groups in total. The molecule has 5 nitrogen and oxygen atoms in total. The molecule has 0 saturated carbocycles. The average molecular weight is 366 g/mol. The maximum absolute atomic E-state index is 13.0. The minimum Gasteiger partial charge on any atom is -0.398 e. The van der Waals surface area contributed by atoms with Gasteiger partial charge in [0.05, 0.1) is 5.69 Å². The van der Waals surface area contributed by atoms with Gasteiger partial charge in [-0.2, -0.15) is 0 Å². The van der Waals surface area contributed by atoms with Crippen LogP contribution in [0.4, 0.5) is 5.69 Å². The van der Waals surface area contributed by atoms with E-state index in [0.29, 0.717) is 17.0 Å². The van der Waals surface area contributed by atoms with Gasteiger partial charge in [-0.25, -0.2) is 4.99 Å². The van der Waals surface area contributed by atoms with E-state index in [0.717, 1.165) is 16.6 Å². The van der Waals surface area contributed by atoms with Crippen LogP contribution in [0.15, 0.2) is 107 Å². The summed E-state index contributed by atoms with van der Waals surface area (Å²) in [6.07, 6.45) is 5.01. The van der Waals surface area contributed by atoms with Crippen molar-refractivity contribution in [1.82, 2.24) is 9.55 Å². The van der Waals surface area contributed by atoms with Gasteiger partial charge in [0, 0.05) is 29.6 Å². The number of rotatable bonds is 3. The maximum atomic E-state index is 13.0. The molecule has 2 aromatic heterocycles. The largest absolute Gasteiger partial charge is 0.398 e. The number of hydrogen-bond donors (Lipinski definition) is 1. The van der Waals surface area contributed by atoms with Crippen molar-refractivity contribution in [2.24, 2.45) is 10.7 Å². The summed E-state index contributed by atoms with van der Waals surface area (Å²) < 4.78 is 1.47. The first-order valence-corrected chi connectivity index (χ1v) is 8.85. The van der Waals surface area contributed by atoms with Crippen LogP contribution in [0.5, 0.6) is 0 Å².